The number of anilines is 1. The minimum Gasteiger partial charge on any atom is -0.229 e. The first-order chi connectivity index (χ1) is 16.4. The molecule has 35 heavy (non-hydrogen) atoms. The van der Waals surface area contributed by atoms with Crippen molar-refractivity contribution in [2.75, 3.05) is 3.86 Å². The van der Waals surface area contributed by atoms with E-state index in [9.17, 15) is 0 Å². The van der Waals surface area contributed by atoms with Crippen LogP contribution in [0.25, 0.3) is 0 Å². The summed E-state index contributed by atoms with van der Waals surface area (Å²) in [4.78, 5) is 13.7. The second kappa shape index (κ2) is 14.6. The van der Waals surface area contributed by atoms with Gasteiger partial charge in [0, 0.05) is 0 Å². The van der Waals surface area contributed by atoms with E-state index in [1.54, 1.807) is 0 Å². The molecular formula is C30H42GeN2OP. The van der Waals surface area contributed by atoms with Gasteiger partial charge in [0.15, 0.2) is 0 Å². The average molecular weight is 550 g/mol. The zero-order valence-electron chi connectivity index (χ0n) is 23.2. The molecule has 5 heteroatoms. The number of carbonyl (C=O) groups excluding carboxylic acids is 1. The molecule has 0 unspecified atom stereocenters. The molecule has 2 aromatic carbocycles. The molecule has 3 nitrogen and oxygen atoms in total. The summed E-state index contributed by atoms with van der Waals surface area (Å²) in [6, 6.07) is 13.3. The molecule has 0 aliphatic heterocycles. The topological polar surface area (TPSA) is 32.7 Å². The molecule has 0 N–H and O–H groups in total. The van der Waals surface area contributed by atoms with Gasteiger partial charge in [-0.15, -0.1) is 0 Å². The number of aliphatic imine (C=N–C) groups is 1. The average Bonchev–Trinajstić information content (AvgIpc) is 2.78. The Balaban J connectivity index is 0.00000194. The molecule has 0 aliphatic rings. The number of nitrogens with zero attached hydrogens (tertiary/aromatic N) is 2. The maximum Gasteiger partial charge on any atom is 0.146 e. The van der Waals surface area contributed by atoms with E-state index in [0.29, 0.717) is 23.7 Å². The monoisotopic (exact) mass is 551 g/mol. The van der Waals surface area contributed by atoms with Crippen molar-refractivity contribution < 1.29 is 4.79 Å². The molecule has 2 rings (SSSR count). The Morgan fingerprint density at radius 3 is 1.51 bits per heavy atom. The Labute approximate surface area is 224 Å². The molecule has 0 amide bonds. The van der Waals surface area contributed by atoms with Crippen LogP contribution >= 0.6 is 8.86 Å². The molecule has 0 saturated heterocycles. The van der Waals surface area contributed by atoms with E-state index in [1.807, 2.05) is 0 Å². The fourth-order valence-corrected chi connectivity index (χ4v) is 4.84. The Bertz CT molecular complexity index is 1030. The first-order valence-electron chi connectivity index (χ1n) is 12.4. The first-order valence-corrected chi connectivity index (χ1v) is 13.8. The molecule has 0 aromatic heterocycles. The van der Waals surface area contributed by atoms with Crippen LogP contribution in [-0.2, 0) is 4.79 Å². The molecule has 0 saturated carbocycles. The molecule has 0 spiro atoms. The van der Waals surface area contributed by atoms with Crippen LogP contribution in [0.15, 0.2) is 53.2 Å². The normalized spacial score (nSPS) is 12.2. The smallest absolute Gasteiger partial charge is 0.146 e. The van der Waals surface area contributed by atoms with E-state index in [2.05, 4.69) is 141 Å². The first kappa shape index (κ1) is 31.1. The van der Waals surface area contributed by atoms with Crippen molar-refractivity contribution in [3.63, 3.8) is 0 Å². The van der Waals surface area contributed by atoms with Crippen molar-refractivity contribution >= 4 is 48.3 Å². The third-order valence-electron chi connectivity index (χ3n) is 5.97. The van der Waals surface area contributed by atoms with Crippen LogP contribution in [0.2, 0.25) is 0 Å². The van der Waals surface area contributed by atoms with Crippen molar-refractivity contribution in [1.29, 1.82) is 0 Å². The van der Waals surface area contributed by atoms with Crippen LogP contribution in [0.4, 0.5) is 11.4 Å². The second-order valence-corrected chi connectivity index (χ2v) is 11.3. The van der Waals surface area contributed by atoms with E-state index in [1.165, 1.54) is 39.3 Å². The number of rotatable bonds is 8. The van der Waals surface area contributed by atoms with Gasteiger partial charge in [-0.25, -0.2) is 4.79 Å². The number of hydrogen-bond acceptors (Lipinski definition) is 3. The van der Waals surface area contributed by atoms with Gasteiger partial charge in [0.25, 0.3) is 0 Å². The summed E-state index contributed by atoms with van der Waals surface area (Å²) < 4.78 is 2.35. The Morgan fingerprint density at radius 2 is 1.17 bits per heavy atom. The van der Waals surface area contributed by atoms with Crippen LogP contribution in [0.5, 0.6) is 0 Å². The van der Waals surface area contributed by atoms with Crippen LogP contribution in [0, 0.1) is 0 Å². The van der Waals surface area contributed by atoms with Gasteiger partial charge in [0.05, 0.1) is 0 Å². The third-order valence-corrected chi connectivity index (χ3v) is 7.18. The maximum absolute atomic E-state index is 8.59. The van der Waals surface area contributed by atoms with E-state index in [4.69, 9.17) is 9.79 Å². The SMILES string of the molecule is CC(/C=C(/C)[N]([Ge])c1c(C(C)C)cccc1C(C)C)=Nc1c(C(C)C)cccc1C(C)C.O=C=P. The molecule has 2 aromatic rings. The minimum absolute atomic E-state index is 0.444. The van der Waals surface area contributed by atoms with E-state index in [0.717, 1.165) is 11.4 Å². The van der Waals surface area contributed by atoms with Crippen molar-refractivity contribution in [3.05, 3.63) is 70.4 Å². The van der Waals surface area contributed by atoms with E-state index >= 15 is 0 Å². The van der Waals surface area contributed by atoms with Crippen molar-refractivity contribution in [3.8, 4) is 0 Å². The van der Waals surface area contributed by atoms with Crippen LogP contribution < -0.4 is 3.86 Å². The summed E-state index contributed by atoms with van der Waals surface area (Å²) in [5, 5.41) is 0. The predicted octanol–water partition coefficient (Wildman–Crippen LogP) is 8.96. The zero-order chi connectivity index (χ0) is 26.9. The fourth-order valence-electron chi connectivity index (χ4n) is 4.16. The minimum atomic E-state index is 0.444. The predicted molar refractivity (Wildman–Crippen MR) is 158 cm³/mol. The summed E-state index contributed by atoms with van der Waals surface area (Å²) >= 11 is 2.19. The molecule has 0 bridgehead atoms. The van der Waals surface area contributed by atoms with Crippen molar-refractivity contribution in [1.82, 2.24) is 0 Å². The number of para-hydroxylation sites is 2. The second-order valence-electron chi connectivity index (χ2n) is 10.2. The summed E-state index contributed by atoms with van der Waals surface area (Å²) in [6.07, 6.45) is 2.22. The van der Waals surface area contributed by atoms with Crippen LogP contribution in [0.3, 0.4) is 0 Å². The molecule has 0 atom stereocenters. The Morgan fingerprint density at radius 1 is 0.829 bits per heavy atom. The third kappa shape index (κ3) is 8.60. The van der Waals surface area contributed by atoms with Gasteiger partial charge in [0.2, 0.25) is 0 Å². The summed E-state index contributed by atoms with van der Waals surface area (Å²) in [5.41, 5.74) is 11.5. The largest absolute Gasteiger partial charge is 0.229 e. The molecule has 0 fully saturated rings. The molecule has 187 valence electrons. The number of benzene rings is 2. The van der Waals surface area contributed by atoms with E-state index in [-0.39, 0.29) is 0 Å². The quantitative estimate of drug-likeness (QED) is 0.187. The summed E-state index contributed by atoms with van der Waals surface area (Å²) in [7, 11) is 2.38. The molecule has 0 heterocycles. The molecule has 0 aliphatic carbocycles. The van der Waals surface area contributed by atoms with E-state index < -0.39 is 0 Å². The number of allylic oxidation sites excluding steroid dienone is 2. The van der Waals surface area contributed by atoms with Gasteiger partial charge in [-0.1, -0.05) is 0 Å². The number of hydrogen-bond donors (Lipinski definition) is 0. The van der Waals surface area contributed by atoms with Crippen LogP contribution in [-0.4, -0.2) is 28.1 Å². The molecular weight excluding hydrogens is 508 g/mol. The molecule has 3 radical (unpaired) electrons. The van der Waals surface area contributed by atoms with Crippen LogP contribution in [0.1, 0.15) is 115 Å². The fraction of sp³-hybridized carbons (Fsp3) is 0.467. The Kier molecular flexibility index (Phi) is 13.0. The van der Waals surface area contributed by atoms with Gasteiger partial charge < -0.3 is 0 Å². The zero-order valence-corrected chi connectivity index (χ0v) is 26.3. The standard InChI is InChI=1S/C29H41GeN2.CHOP/c1-18(2)24-13-11-14-25(19(3)4)28(24)31-22(9)17-23(10)32(30)29-26(20(5)6)15-12-16-27(29)21(7)8;2-1-3/h11-21H,1-10H3;3H/b23-17-,31-22?;. The summed E-state index contributed by atoms with van der Waals surface area (Å²) in [6.45, 7) is 22.4. The van der Waals surface area contributed by atoms with Gasteiger partial charge in [-0.05, 0) is 8.86 Å². The summed E-state index contributed by atoms with van der Waals surface area (Å²) in [5.74, 6) is 1.83. The Hall–Kier alpha value is -1.93. The maximum atomic E-state index is 8.59. The van der Waals surface area contributed by atoms with Gasteiger partial charge >= 0.3 is 206 Å². The van der Waals surface area contributed by atoms with Gasteiger partial charge in [0.1, 0.15) is 5.66 Å². The van der Waals surface area contributed by atoms with Crippen molar-refractivity contribution in [2.24, 2.45) is 4.99 Å². The van der Waals surface area contributed by atoms with Gasteiger partial charge in [-0.3, -0.25) is 0 Å². The van der Waals surface area contributed by atoms with Crippen molar-refractivity contribution in [2.45, 2.75) is 92.9 Å². The van der Waals surface area contributed by atoms with Gasteiger partial charge in [-0.2, -0.15) is 0 Å².